The van der Waals surface area contributed by atoms with Gasteiger partial charge < -0.3 is 9.62 Å². The number of rotatable bonds is 7. The highest BCUT2D eigenvalue weighted by Gasteiger charge is 2.20. The molecule has 1 unspecified atom stereocenters. The highest BCUT2D eigenvalue weighted by atomic mass is 16.5. The molecule has 3 nitrogen and oxygen atoms in total. The molecule has 17 heavy (non-hydrogen) atoms. The molecule has 0 fully saturated rings. The standard InChI is InChI=1S/C14H23NO2/c1-4-5-6-7-9-13(15(16)12(2)3)14-10-8-11-17-14/h7-13,16H,4-6H2,1-3H3/b9-7+. The van der Waals surface area contributed by atoms with Crippen molar-refractivity contribution in [2.45, 2.75) is 52.1 Å². The van der Waals surface area contributed by atoms with Crippen molar-refractivity contribution < 1.29 is 9.62 Å². The predicted molar refractivity (Wildman–Crippen MR) is 68.9 cm³/mol. The van der Waals surface area contributed by atoms with Crippen LogP contribution in [0.2, 0.25) is 0 Å². The van der Waals surface area contributed by atoms with Gasteiger partial charge in [0, 0.05) is 6.04 Å². The maximum atomic E-state index is 10.0. The van der Waals surface area contributed by atoms with Gasteiger partial charge in [-0.15, -0.1) is 0 Å². The Bertz CT molecular complexity index is 317. The van der Waals surface area contributed by atoms with Crippen LogP contribution in [-0.4, -0.2) is 16.3 Å². The second-order valence-corrected chi connectivity index (χ2v) is 4.50. The summed E-state index contributed by atoms with van der Waals surface area (Å²) < 4.78 is 5.37. The Morgan fingerprint density at radius 3 is 2.76 bits per heavy atom. The van der Waals surface area contributed by atoms with E-state index >= 15 is 0 Å². The van der Waals surface area contributed by atoms with Gasteiger partial charge in [-0.05, 0) is 32.4 Å². The number of hydrogen-bond donors (Lipinski definition) is 1. The van der Waals surface area contributed by atoms with Crippen LogP contribution < -0.4 is 0 Å². The van der Waals surface area contributed by atoms with Crippen molar-refractivity contribution in [2.24, 2.45) is 0 Å². The normalized spacial score (nSPS) is 14.0. The van der Waals surface area contributed by atoms with Gasteiger partial charge >= 0.3 is 0 Å². The summed E-state index contributed by atoms with van der Waals surface area (Å²) in [7, 11) is 0. The maximum Gasteiger partial charge on any atom is 0.127 e. The molecule has 0 bridgehead atoms. The van der Waals surface area contributed by atoms with Crippen LogP contribution in [0.5, 0.6) is 0 Å². The summed E-state index contributed by atoms with van der Waals surface area (Å²) in [5, 5.41) is 11.4. The van der Waals surface area contributed by atoms with Crippen molar-refractivity contribution in [2.75, 3.05) is 0 Å². The fourth-order valence-corrected chi connectivity index (χ4v) is 1.64. The zero-order valence-electron chi connectivity index (χ0n) is 11.0. The van der Waals surface area contributed by atoms with E-state index in [9.17, 15) is 5.21 Å². The van der Waals surface area contributed by atoms with Gasteiger partial charge in [-0.1, -0.05) is 31.9 Å². The number of furan rings is 1. The first-order chi connectivity index (χ1) is 8.16. The average molecular weight is 237 g/mol. The molecule has 0 aliphatic rings. The summed E-state index contributed by atoms with van der Waals surface area (Å²) >= 11 is 0. The van der Waals surface area contributed by atoms with Gasteiger partial charge in [-0.3, -0.25) is 0 Å². The summed E-state index contributed by atoms with van der Waals surface area (Å²) in [6.07, 6.45) is 9.16. The minimum Gasteiger partial charge on any atom is -0.467 e. The molecule has 3 heteroatoms. The van der Waals surface area contributed by atoms with Crippen LogP contribution in [0.15, 0.2) is 35.0 Å². The molecular weight excluding hydrogens is 214 g/mol. The summed E-state index contributed by atoms with van der Waals surface area (Å²) in [5.41, 5.74) is 0. The SMILES string of the molecule is CCCC/C=C/C(c1ccco1)N(O)C(C)C. The third kappa shape index (κ3) is 4.36. The lowest BCUT2D eigenvalue weighted by atomic mass is 10.1. The van der Waals surface area contributed by atoms with Crippen LogP contribution in [0.4, 0.5) is 0 Å². The molecule has 0 saturated heterocycles. The molecule has 0 amide bonds. The van der Waals surface area contributed by atoms with E-state index in [1.54, 1.807) is 6.26 Å². The Hall–Kier alpha value is -1.06. The molecule has 0 aliphatic carbocycles. The number of hydrogen-bond acceptors (Lipinski definition) is 3. The van der Waals surface area contributed by atoms with E-state index < -0.39 is 0 Å². The van der Waals surface area contributed by atoms with Gasteiger partial charge in [0.15, 0.2) is 0 Å². The molecule has 1 aromatic heterocycles. The van der Waals surface area contributed by atoms with Crippen LogP contribution in [0, 0.1) is 0 Å². The van der Waals surface area contributed by atoms with E-state index in [-0.39, 0.29) is 12.1 Å². The summed E-state index contributed by atoms with van der Waals surface area (Å²) in [4.78, 5) is 0. The molecule has 96 valence electrons. The number of nitrogens with zero attached hydrogens (tertiary/aromatic N) is 1. The second-order valence-electron chi connectivity index (χ2n) is 4.50. The monoisotopic (exact) mass is 237 g/mol. The van der Waals surface area contributed by atoms with Gasteiger partial charge in [-0.2, -0.15) is 5.06 Å². The van der Waals surface area contributed by atoms with Gasteiger partial charge in [-0.25, -0.2) is 0 Å². The van der Waals surface area contributed by atoms with E-state index in [1.807, 2.05) is 32.1 Å². The molecule has 0 saturated carbocycles. The van der Waals surface area contributed by atoms with Crippen LogP contribution >= 0.6 is 0 Å². The molecule has 1 atom stereocenters. The largest absolute Gasteiger partial charge is 0.467 e. The predicted octanol–water partition coefficient (Wildman–Crippen LogP) is 4.17. The van der Waals surface area contributed by atoms with E-state index in [1.165, 1.54) is 17.9 Å². The van der Waals surface area contributed by atoms with E-state index in [0.29, 0.717) is 0 Å². The second kappa shape index (κ2) is 7.30. The van der Waals surface area contributed by atoms with Gasteiger partial charge in [0.2, 0.25) is 0 Å². The summed E-state index contributed by atoms with van der Waals surface area (Å²) in [6.45, 7) is 6.08. The molecule has 1 aromatic rings. The molecule has 0 radical (unpaired) electrons. The topological polar surface area (TPSA) is 36.6 Å². The number of hydroxylamine groups is 2. The Labute approximate surface area is 104 Å². The van der Waals surface area contributed by atoms with Crippen molar-refractivity contribution in [1.82, 2.24) is 5.06 Å². The molecular formula is C14H23NO2. The Morgan fingerprint density at radius 2 is 2.24 bits per heavy atom. The van der Waals surface area contributed by atoms with E-state index in [4.69, 9.17) is 4.42 Å². The Morgan fingerprint density at radius 1 is 1.47 bits per heavy atom. The van der Waals surface area contributed by atoms with E-state index in [2.05, 4.69) is 13.0 Å². The quantitative estimate of drug-likeness (QED) is 0.439. The minimum absolute atomic E-state index is 0.0564. The summed E-state index contributed by atoms with van der Waals surface area (Å²) in [6, 6.07) is 3.60. The van der Waals surface area contributed by atoms with Crippen molar-refractivity contribution in [1.29, 1.82) is 0 Å². The van der Waals surface area contributed by atoms with Crippen LogP contribution in [0.1, 0.15) is 51.8 Å². The third-order valence-electron chi connectivity index (χ3n) is 2.69. The molecule has 1 heterocycles. The first-order valence-corrected chi connectivity index (χ1v) is 6.34. The van der Waals surface area contributed by atoms with Crippen molar-refractivity contribution in [3.63, 3.8) is 0 Å². The fraction of sp³-hybridized carbons (Fsp3) is 0.571. The highest BCUT2D eigenvalue weighted by molar-refractivity contribution is 5.11. The van der Waals surface area contributed by atoms with Crippen molar-refractivity contribution in [3.8, 4) is 0 Å². The lowest BCUT2D eigenvalue weighted by Crippen LogP contribution is -2.30. The van der Waals surface area contributed by atoms with Crippen LogP contribution in [0.3, 0.4) is 0 Å². The maximum absolute atomic E-state index is 10.0. The van der Waals surface area contributed by atoms with Gasteiger partial charge in [0.05, 0.1) is 6.26 Å². The number of unbranched alkanes of at least 4 members (excludes halogenated alkanes) is 2. The Kier molecular flexibility index (Phi) is 6.01. The minimum atomic E-state index is -0.193. The van der Waals surface area contributed by atoms with Crippen molar-refractivity contribution in [3.05, 3.63) is 36.3 Å². The van der Waals surface area contributed by atoms with E-state index in [0.717, 1.165) is 12.2 Å². The average Bonchev–Trinajstić information content (AvgIpc) is 2.81. The molecule has 0 aliphatic heterocycles. The molecule has 0 spiro atoms. The van der Waals surface area contributed by atoms with Crippen LogP contribution in [0.25, 0.3) is 0 Å². The van der Waals surface area contributed by atoms with Gasteiger partial charge in [0.25, 0.3) is 0 Å². The molecule has 1 rings (SSSR count). The van der Waals surface area contributed by atoms with Crippen LogP contribution in [-0.2, 0) is 0 Å². The van der Waals surface area contributed by atoms with Crippen molar-refractivity contribution >= 4 is 0 Å². The van der Waals surface area contributed by atoms with Gasteiger partial charge in [0.1, 0.15) is 11.8 Å². The molecule has 0 aromatic carbocycles. The highest BCUT2D eigenvalue weighted by Crippen LogP contribution is 2.23. The summed E-state index contributed by atoms with van der Waals surface area (Å²) in [5.74, 6) is 0.772. The first-order valence-electron chi connectivity index (χ1n) is 6.34. The molecule has 1 N–H and O–H groups in total. The zero-order chi connectivity index (χ0) is 12.7. The smallest absolute Gasteiger partial charge is 0.127 e. The Balaban J connectivity index is 2.70. The lowest BCUT2D eigenvalue weighted by molar-refractivity contribution is -0.144. The fourth-order valence-electron chi connectivity index (χ4n) is 1.64. The number of allylic oxidation sites excluding steroid dienone is 1. The zero-order valence-corrected chi connectivity index (χ0v) is 11.0. The third-order valence-corrected chi connectivity index (χ3v) is 2.69. The lowest BCUT2D eigenvalue weighted by Gasteiger charge is -2.25. The first kappa shape index (κ1) is 14.0.